The number of hydrogen-bond donors (Lipinski definition) is 0. The summed E-state index contributed by atoms with van der Waals surface area (Å²) in [6.07, 6.45) is 15.6. The molecule has 0 saturated heterocycles. The Morgan fingerprint density at radius 2 is 1.23 bits per heavy atom. The summed E-state index contributed by atoms with van der Waals surface area (Å²) in [5.74, 6) is 0. The van der Waals surface area contributed by atoms with Gasteiger partial charge in [0, 0.05) is 19.6 Å². The van der Waals surface area contributed by atoms with Crippen LogP contribution in [0.4, 0.5) is 0 Å². The van der Waals surface area contributed by atoms with E-state index in [-0.39, 0.29) is 0 Å². The van der Waals surface area contributed by atoms with E-state index in [9.17, 15) is 0 Å². The predicted octanol–water partition coefficient (Wildman–Crippen LogP) is 6.08. The SMILES string of the molecule is C=CCN(CC=C)CC=C(C)CCC=C(C)CCC=C(C)C. The van der Waals surface area contributed by atoms with E-state index in [4.69, 9.17) is 0 Å². The van der Waals surface area contributed by atoms with Crippen LogP contribution < -0.4 is 0 Å². The molecule has 1 heteroatoms. The molecule has 0 spiro atoms. The molecule has 0 rings (SSSR count). The molecule has 0 aromatic rings. The first-order valence-corrected chi connectivity index (χ1v) is 8.38. The fourth-order valence-corrected chi connectivity index (χ4v) is 2.21. The smallest absolute Gasteiger partial charge is 0.0172 e. The Labute approximate surface area is 138 Å². The topological polar surface area (TPSA) is 3.24 Å². The van der Waals surface area contributed by atoms with Gasteiger partial charge in [0.15, 0.2) is 0 Å². The van der Waals surface area contributed by atoms with E-state index < -0.39 is 0 Å². The second kappa shape index (κ2) is 13.3. The second-order valence-electron chi connectivity index (χ2n) is 6.26. The van der Waals surface area contributed by atoms with Gasteiger partial charge in [0.2, 0.25) is 0 Å². The van der Waals surface area contributed by atoms with E-state index in [1.165, 1.54) is 23.1 Å². The quantitative estimate of drug-likeness (QED) is 0.395. The average molecular weight is 302 g/mol. The highest BCUT2D eigenvalue weighted by Gasteiger charge is 1.98. The molecule has 22 heavy (non-hydrogen) atoms. The van der Waals surface area contributed by atoms with Crippen molar-refractivity contribution in [3.63, 3.8) is 0 Å². The Kier molecular flexibility index (Phi) is 12.5. The summed E-state index contributed by atoms with van der Waals surface area (Å²) in [4.78, 5) is 2.32. The van der Waals surface area contributed by atoms with Crippen molar-refractivity contribution in [2.75, 3.05) is 19.6 Å². The molecule has 0 aromatic heterocycles. The highest BCUT2D eigenvalue weighted by molar-refractivity contribution is 5.06. The molecule has 0 aliphatic carbocycles. The van der Waals surface area contributed by atoms with Gasteiger partial charge in [0.1, 0.15) is 0 Å². The van der Waals surface area contributed by atoms with Crippen LogP contribution in [0.5, 0.6) is 0 Å². The van der Waals surface area contributed by atoms with Crippen molar-refractivity contribution in [1.29, 1.82) is 0 Å². The van der Waals surface area contributed by atoms with Crippen molar-refractivity contribution in [2.24, 2.45) is 0 Å². The lowest BCUT2D eigenvalue weighted by Gasteiger charge is -2.16. The van der Waals surface area contributed by atoms with Crippen LogP contribution in [-0.2, 0) is 0 Å². The molecule has 0 N–H and O–H groups in total. The molecular formula is C21H35N. The highest BCUT2D eigenvalue weighted by Crippen LogP contribution is 2.11. The number of nitrogens with zero attached hydrogens (tertiary/aromatic N) is 1. The van der Waals surface area contributed by atoms with Crippen LogP contribution in [0, 0.1) is 0 Å². The Bertz CT molecular complexity index is 396. The van der Waals surface area contributed by atoms with Gasteiger partial charge in [-0.1, -0.05) is 47.1 Å². The minimum Gasteiger partial charge on any atom is -0.292 e. The molecule has 0 atom stereocenters. The van der Waals surface area contributed by atoms with E-state index in [2.05, 4.69) is 64.0 Å². The first-order valence-electron chi connectivity index (χ1n) is 8.38. The number of allylic oxidation sites excluding steroid dienone is 5. The highest BCUT2D eigenvalue weighted by atomic mass is 15.1. The zero-order valence-electron chi connectivity index (χ0n) is 15.2. The standard InChI is InChI=1S/C21H35N/c1-7-16-22(17-8-2)18-15-21(6)14-10-13-20(5)12-9-11-19(3)4/h7-8,11,13,15H,1-2,9-10,12,14,16-18H2,3-6H3. The second-order valence-corrected chi connectivity index (χ2v) is 6.26. The molecule has 0 aromatic carbocycles. The van der Waals surface area contributed by atoms with Crippen LogP contribution in [-0.4, -0.2) is 24.5 Å². The summed E-state index contributed by atoms with van der Waals surface area (Å²) >= 11 is 0. The summed E-state index contributed by atoms with van der Waals surface area (Å²) in [5, 5.41) is 0. The van der Waals surface area contributed by atoms with Crippen molar-refractivity contribution in [3.05, 3.63) is 60.3 Å². The molecule has 0 bridgehead atoms. The first kappa shape index (κ1) is 20.7. The minimum atomic E-state index is 0.916. The molecule has 0 aliphatic rings. The third-order valence-corrected chi connectivity index (χ3v) is 3.60. The summed E-state index contributed by atoms with van der Waals surface area (Å²) in [7, 11) is 0. The van der Waals surface area contributed by atoms with E-state index in [0.29, 0.717) is 0 Å². The molecule has 1 nitrogen and oxygen atoms in total. The normalized spacial score (nSPS) is 12.4. The largest absolute Gasteiger partial charge is 0.292 e. The van der Waals surface area contributed by atoms with Crippen molar-refractivity contribution < 1.29 is 0 Å². The maximum atomic E-state index is 3.81. The molecule has 0 saturated carbocycles. The van der Waals surface area contributed by atoms with E-state index in [1.807, 2.05) is 12.2 Å². The fourth-order valence-electron chi connectivity index (χ4n) is 2.21. The van der Waals surface area contributed by atoms with Crippen LogP contribution in [0.15, 0.2) is 60.3 Å². The maximum Gasteiger partial charge on any atom is 0.0172 e. The minimum absolute atomic E-state index is 0.916. The predicted molar refractivity (Wildman–Crippen MR) is 102 cm³/mol. The molecule has 0 unspecified atom stereocenters. The summed E-state index contributed by atoms with van der Waals surface area (Å²) in [6.45, 7) is 19.2. The van der Waals surface area contributed by atoms with Crippen LogP contribution in [0.1, 0.15) is 53.4 Å². The van der Waals surface area contributed by atoms with Gasteiger partial charge in [-0.3, -0.25) is 4.90 Å². The van der Waals surface area contributed by atoms with Gasteiger partial charge < -0.3 is 0 Å². The van der Waals surface area contributed by atoms with Crippen molar-refractivity contribution in [3.8, 4) is 0 Å². The Balaban J connectivity index is 4.11. The fraction of sp³-hybridized carbons (Fsp3) is 0.524. The molecule has 0 radical (unpaired) electrons. The maximum absolute atomic E-state index is 3.81. The van der Waals surface area contributed by atoms with Gasteiger partial charge in [-0.2, -0.15) is 0 Å². The summed E-state index contributed by atoms with van der Waals surface area (Å²) < 4.78 is 0. The zero-order valence-corrected chi connectivity index (χ0v) is 15.2. The molecule has 0 aliphatic heterocycles. The lowest BCUT2D eigenvalue weighted by Crippen LogP contribution is -2.24. The van der Waals surface area contributed by atoms with Crippen LogP contribution in [0.2, 0.25) is 0 Å². The van der Waals surface area contributed by atoms with Crippen LogP contribution in [0.3, 0.4) is 0 Å². The Hall–Kier alpha value is -1.34. The van der Waals surface area contributed by atoms with Gasteiger partial charge in [-0.25, -0.2) is 0 Å². The summed E-state index contributed by atoms with van der Waals surface area (Å²) in [6, 6.07) is 0. The summed E-state index contributed by atoms with van der Waals surface area (Å²) in [5.41, 5.74) is 4.38. The van der Waals surface area contributed by atoms with Crippen molar-refractivity contribution >= 4 is 0 Å². The Morgan fingerprint density at radius 3 is 1.73 bits per heavy atom. The van der Waals surface area contributed by atoms with Gasteiger partial charge in [-0.05, 0) is 53.4 Å². The average Bonchev–Trinajstić information content (AvgIpc) is 2.45. The molecule has 124 valence electrons. The third-order valence-electron chi connectivity index (χ3n) is 3.60. The van der Waals surface area contributed by atoms with Crippen molar-refractivity contribution in [1.82, 2.24) is 4.90 Å². The first-order chi connectivity index (χ1) is 10.5. The van der Waals surface area contributed by atoms with Gasteiger partial charge in [-0.15, -0.1) is 13.2 Å². The van der Waals surface area contributed by atoms with Gasteiger partial charge in [0.05, 0.1) is 0 Å². The van der Waals surface area contributed by atoms with Crippen LogP contribution in [0.25, 0.3) is 0 Å². The molecule has 0 amide bonds. The van der Waals surface area contributed by atoms with E-state index in [1.54, 1.807) is 0 Å². The molecule has 0 heterocycles. The molecule has 0 fully saturated rings. The van der Waals surface area contributed by atoms with Crippen LogP contribution >= 0.6 is 0 Å². The van der Waals surface area contributed by atoms with E-state index >= 15 is 0 Å². The lowest BCUT2D eigenvalue weighted by molar-refractivity contribution is 0.372. The third kappa shape index (κ3) is 12.4. The monoisotopic (exact) mass is 301 g/mol. The van der Waals surface area contributed by atoms with Gasteiger partial charge >= 0.3 is 0 Å². The number of rotatable bonds is 12. The van der Waals surface area contributed by atoms with Gasteiger partial charge in [0.25, 0.3) is 0 Å². The Morgan fingerprint density at radius 1 is 0.727 bits per heavy atom. The van der Waals surface area contributed by atoms with E-state index in [0.717, 1.165) is 38.9 Å². The molecular weight excluding hydrogens is 266 g/mol. The zero-order chi connectivity index (χ0) is 16.8. The number of hydrogen-bond acceptors (Lipinski definition) is 1. The lowest BCUT2D eigenvalue weighted by atomic mass is 10.1. The van der Waals surface area contributed by atoms with Crippen molar-refractivity contribution in [2.45, 2.75) is 53.4 Å².